The predicted octanol–water partition coefficient (Wildman–Crippen LogP) is -0.372. The Labute approximate surface area is 97.9 Å². The summed E-state index contributed by atoms with van der Waals surface area (Å²) in [6.07, 6.45) is 2.75. The normalized spacial score (nSPS) is 22.2. The van der Waals surface area contributed by atoms with Crippen LogP contribution in [0.2, 0.25) is 0 Å². The van der Waals surface area contributed by atoms with E-state index in [4.69, 9.17) is 5.11 Å². The minimum Gasteiger partial charge on any atom is -0.392 e. The first-order chi connectivity index (χ1) is 7.39. The van der Waals surface area contributed by atoms with Crippen molar-refractivity contribution in [1.29, 1.82) is 0 Å². The molecular weight excluding hydrogens is 228 g/mol. The molecule has 5 nitrogen and oxygen atoms in total. The van der Waals surface area contributed by atoms with Crippen LogP contribution in [0.1, 0.15) is 19.8 Å². The molecule has 16 heavy (non-hydrogen) atoms. The van der Waals surface area contributed by atoms with Crippen LogP contribution in [-0.4, -0.2) is 56.4 Å². The first-order valence-corrected chi connectivity index (χ1v) is 7.58. The van der Waals surface area contributed by atoms with E-state index in [-0.39, 0.29) is 6.10 Å². The molecule has 0 aromatic carbocycles. The van der Waals surface area contributed by atoms with E-state index in [1.54, 1.807) is 6.92 Å². The lowest BCUT2D eigenvalue weighted by molar-refractivity contribution is 0.184. The first-order valence-electron chi connectivity index (χ1n) is 5.73. The molecule has 1 aliphatic rings. The fourth-order valence-corrected chi connectivity index (χ4v) is 2.82. The van der Waals surface area contributed by atoms with Gasteiger partial charge in [-0.15, -0.1) is 0 Å². The quantitative estimate of drug-likeness (QED) is 0.698. The largest absolute Gasteiger partial charge is 0.392 e. The maximum Gasteiger partial charge on any atom is 0.211 e. The molecule has 96 valence electrons. The molecular formula is C10H22N2O3S. The highest BCUT2D eigenvalue weighted by Gasteiger charge is 2.24. The number of piperidine rings is 1. The van der Waals surface area contributed by atoms with Gasteiger partial charge in [0.15, 0.2) is 0 Å². The van der Waals surface area contributed by atoms with E-state index >= 15 is 0 Å². The topological polar surface area (TPSA) is 69.6 Å². The maximum atomic E-state index is 11.3. The lowest BCUT2D eigenvalue weighted by Crippen LogP contribution is -2.40. The molecule has 0 aromatic heterocycles. The molecule has 6 heteroatoms. The van der Waals surface area contributed by atoms with Gasteiger partial charge in [-0.3, -0.25) is 0 Å². The zero-order chi connectivity index (χ0) is 12.2. The van der Waals surface area contributed by atoms with Crippen molar-refractivity contribution in [3.63, 3.8) is 0 Å². The van der Waals surface area contributed by atoms with E-state index in [1.807, 2.05) is 0 Å². The number of hydrogen-bond donors (Lipinski definition) is 2. The molecule has 1 fully saturated rings. The average molecular weight is 250 g/mol. The van der Waals surface area contributed by atoms with Crippen LogP contribution < -0.4 is 5.32 Å². The van der Waals surface area contributed by atoms with Gasteiger partial charge in [-0.2, -0.15) is 0 Å². The molecule has 1 rings (SSSR count). The molecule has 2 N–H and O–H groups in total. The van der Waals surface area contributed by atoms with Gasteiger partial charge in [-0.25, -0.2) is 12.7 Å². The average Bonchev–Trinajstić information content (AvgIpc) is 2.16. The highest BCUT2D eigenvalue weighted by atomic mass is 32.2. The van der Waals surface area contributed by atoms with Crippen molar-refractivity contribution in [2.45, 2.75) is 25.9 Å². The van der Waals surface area contributed by atoms with E-state index in [2.05, 4.69) is 5.32 Å². The first kappa shape index (κ1) is 13.9. The standard InChI is InChI=1S/C10H22N2O3S/c1-9(13)7-11-8-10-3-5-12(6-4-10)16(2,14)15/h9-11,13H,3-8H2,1-2H3/t9-/m1/s1. The van der Waals surface area contributed by atoms with Crippen LogP contribution in [0.4, 0.5) is 0 Å². The monoisotopic (exact) mass is 250 g/mol. The number of rotatable bonds is 5. The second-order valence-electron chi connectivity index (χ2n) is 4.61. The Morgan fingerprint density at radius 1 is 1.44 bits per heavy atom. The Hall–Kier alpha value is -0.170. The summed E-state index contributed by atoms with van der Waals surface area (Å²) in [6.45, 7) is 4.47. The van der Waals surface area contributed by atoms with Crippen LogP contribution >= 0.6 is 0 Å². The van der Waals surface area contributed by atoms with Crippen LogP contribution in [0, 0.1) is 5.92 Å². The Bertz CT molecular complexity index is 295. The molecule has 1 saturated heterocycles. The van der Waals surface area contributed by atoms with Crippen molar-refractivity contribution in [3.05, 3.63) is 0 Å². The summed E-state index contributed by atoms with van der Waals surface area (Å²) >= 11 is 0. The molecule has 0 bridgehead atoms. The number of hydrogen-bond acceptors (Lipinski definition) is 4. The minimum atomic E-state index is -3.01. The molecule has 0 radical (unpaired) electrons. The maximum absolute atomic E-state index is 11.3. The van der Waals surface area contributed by atoms with Crippen molar-refractivity contribution in [2.75, 3.05) is 32.4 Å². The molecule has 0 amide bonds. The molecule has 1 aliphatic heterocycles. The lowest BCUT2D eigenvalue weighted by Gasteiger charge is -2.30. The third kappa shape index (κ3) is 4.78. The molecule has 1 atom stereocenters. The number of nitrogens with one attached hydrogen (secondary N) is 1. The number of aliphatic hydroxyl groups is 1. The van der Waals surface area contributed by atoms with Gasteiger partial charge < -0.3 is 10.4 Å². The van der Waals surface area contributed by atoms with Crippen molar-refractivity contribution >= 4 is 10.0 Å². The zero-order valence-electron chi connectivity index (χ0n) is 10.0. The SMILES string of the molecule is C[C@@H](O)CNCC1CCN(S(C)(=O)=O)CC1. The van der Waals surface area contributed by atoms with Crippen molar-refractivity contribution in [1.82, 2.24) is 9.62 Å². The summed E-state index contributed by atoms with van der Waals surface area (Å²) in [7, 11) is -3.01. The predicted molar refractivity (Wildman–Crippen MR) is 63.7 cm³/mol. The van der Waals surface area contributed by atoms with Gasteiger partial charge in [0.25, 0.3) is 0 Å². The molecule has 0 unspecified atom stereocenters. The summed E-state index contributed by atoms with van der Waals surface area (Å²) in [6, 6.07) is 0. The van der Waals surface area contributed by atoms with Crippen molar-refractivity contribution in [2.24, 2.45) is 5.92 Å². The van der Waals surface area contributed by atoms with E-state index in [0.29, 0.717) is 25.6 Å². The molecule has 0 aliphatic carbocycles. The molecule has 1 heterocycles. The van der Waals surface area contributed by atoms with Crippen LogP contribution in [0.15, 0.2) is 0 Å². The Morgan fingerprint density at radius 3 is 2.44 bits per heavy atom. The third-order valence-corrected chi connectivity index (χ3v) is 4.22. The smallest absolute Gasteiger partial charge is 0.211 e. The van der Waals surface area contributed by atoms with Gasteiger partial charge in [0, 0.05) is 19.6 Å². The van der Waals surface area contributed by atoms with Crippen molar-refractivity contribution < 1.29 is 13.5 Å². The van der Waals surface area contributed by atoms with Crippen LogP contribution in [0.25, 0.3) is 0 Å². The molecule has 0 spiro atoms. The van der Waals surface area contributed by atoms with Gasteiger partial charge in [-0.1, -0.05) is 0 Å². The Balaban J connectivity index is 2.22. The summed E-state index contributed by atoms with van der Waals surface area (Å²) in [5.41, 5.74) is 0. The summed E-state index contributed by atoms with van der Waals surface area (Å²) in [4.78, 5) is 0. The summed E-state index contributed by atoms with van der Waals surface area (Å²) in [5.74, 6) is 0.525. The Morgan fingerprint density at radius 2 is 2.00 bits per heavy atom. The fraction of sp³-hybridized carbons (Fsp3) is 1.00. The zero-order valence-corrected chi connectivity index (χ0v) is 10.8. The second kappa shape index (κ2) is 5.95. The van der Waals surface area contributed by atoms with Gasteiger partial charge in [0.05, 0.1) is 12.4 Å². The van der Waals surface area contributed by atoms with E-state index < -0.39 is 10.0 Å². The van der Waals surface area contributed by atoms with Gasteiger partial charge in [0.2, 0.25) is 10.0 Å². The Kier molecular flexibility index (Phi) is 5.17. The van der Waals surface area contributed by atoms with Gasteiger partial charge in [-0.05, 0) is 32.2 Å². The van der Waals surface area contributed by atoms with E-state index in [9.17, 15) is 8.42 Å². The highest BCUT2D eigenvalue weighted by molar-refractivity contribution is 7.88. The minimum absolute atomic E-state index is 0.323. The summed E-state index contributed by atoms with van der Waals surface area (Å²) in [5, 5.41) is 12.3. The van der Waals surface area contributed by atoms with Crippen LogP contribution in [0.3, 0.4) is 0 Å². The van der Waals surface area contributed by atoms with E-state index in [1.165, 1.54) is 10.6 Å². The summed E-state index contributed by atoms with van der Waals surface area (Å²) < 4.78 is 24.1. The number of aliphatic hydroxyl groups excluding tert-OH is 1. The van der Waals surface area contributed by atoms with Gasteiger partial charge in [0.1, 0.15) is 0 Å². The fourth-order valence-electron chi connectivity index (χ4n) is 1.94. The number of nitrogens with zero attached hydrogens (tertiary/aromatic N) is 1. The third-order valence-electron chi connectivity index (χ3n) is 2.92. The highest BCUT2D eigenvalue weighted by Crippen LogP contribution is 2.18. The van der Waals surface area contributed by atoms with E-state index in [0.717, 1.165) is 19.4 Å². The second-order valence-corrected chi connectivity index (χ2v) is 6.60. The molecule has 0 saturated carbocycles. The number of sulfonamides is 1. The van der Waals surface area contributed by atoms with Crippen LogP contribution in [0.5, 0.6) is 0 Å². The molecule has 0 aromatic rings. The lowest BCUT2D eigenvalue weighted by atomic mass is 9.98. The van der Waals surface area contributed by atoms with Crippen LogP contribution in [-0.2, 0) is 10.0 Å². The van der Waals surface area contributed by atoms with Crippen molar-refractivity contribution in [3.8, 4) is 0 Å². The van der Waals surface area contributed by atoms with Gasteiger partial charge >= 0.3 is 0 Å².